The van der Waals surface area contributed by atoms with Crippen LogP contribution in [-0.4, -0.2) is 27.9 Å². The van der Waals surface area contributed by atoms with Gasteiger partial charge in [-0.25, -0.2) is 14.7 Å². The first-order valence-corrected chi connectivity index (χ1v) is 9.54. The molecule has 130 valence electrons. The number of imide groups is 1. The maximum Gasteiger partial charge on any atom is 0.330 e. The van der Waals surface area contributed by atoms with E-state index in [0.29, 0.717) is 12.2 Å². The van der Waals surface area contributed by atoms with Gasteiger partial charge in [-0.1, -0.05) is 28.1 Å². The van der Waals surface area contributed by atoms with Crippen molar-refractivity contribution in [3.8, 4) is 10.6 Å². The molecular formula is C18H13BrN4O2S. The Kier molecular flexibility index (Phi) is 4.52. The lowest BCUT2D eigenvalue weighted by molar-refractivity contribution is -0.118. The van der Waals surface area contributed by atoms with E-state index in [9.17, 15) is 9.59 Å². The number of thiazole rings is 1. The second-order valence-electron chi connectivity index (χ2n) is 5.75. The molecule has 1 atom stereocenters. The van der Waals surface area contributed by atoms with E-state index in [0.717, 1.165) is 25.5 Å². The summed E-state index contributed by atoms with van der Waals surface area (Å²) in [6.45, 7) is 0. The van der Waals surface area contributed by atoms with Crippen LogP contribution in [0.1, 0.15) is 5.56 Å². The van der Waals surface area contributed by atoms with Crippen molar-refractivity contribution in [3.05, 3.63) is 64.2 Å². The quantitative estimate of drug-likeness (QED) is 0.643. The highest BCUT2D eigenvalue weighted by molar-refractivity contribution is 9.10. The van der Waals surface area contributed by atoms with Crippen molar-refractivity contribution in [1.82, 2.24) is 15.3 Å². The van der Waals surface area contributed by atoms with Crippen LogP contribution in [0.25, 0.3) is 10.6 Å². The van der Waals surface area contributed by atoms with Gasteiger partial charge in [-0.05, 0) is 29.8 Å². The lowest BCUT2D eigenvalue weighted by Gasteiger charge is -2.09. The Bertz CT molecular complexity index is 959. The number of carbonyl (C=O) groups excluding carboxylic acids is 2. The summed E-state index contributed by atoms with van der Waals surface area (Å²) in [5.74, 6) is 0.0621. The molecule has 0 aliphatic carbocycles. The molecule has 0 saturated carbocycles. The summed E-state index contributed by atoms with van der Waals surface area (Å²) in [5.41, 5.74) is 1.87. The van der Waals surface area contributed by atoms with Crippen molar-refractivity contribution in [2.24, 2.45) is 0 Å². The molecule has 0 bridgehead atoms. The van der Waals surface area contributed by atoms with Gasteiger partial charge in [0.1, 0.15) is 11.0 Å². The molecule has 3 heterocycles. The molecule has 2 aromatic heterocycles. The fourth-order valence-electron chi connectivity index (χ4n) is 2.73. The highest BCUT2D eigenvalue weighted by Crippen LogP contribution is 2.30. The number of halogens is 1. The van der Waals surface area contributed by atoms with Crippen molar-refractivity contribution >= 4 is 45.0 Å². The maximum atomic E-state index is 12.7. The Morgan fingerprint density at radius 3 is 2.58 bits per heavy atom. The molecule has 1 aromatic carbocycles. The molecule has 1 unspecified atom stereocenters. The molecule has 0 radical (unpaired) electrons. The van der Waals surface area contributed by atoms with E-state index < -0.39 is 12.1 Å². The van der Waals surface area contributed by atoms with Gasteiger partial charge in [-0.2, -0.15) is 0 Å². The fourth-order valence-corrected chi connectivity index (χ4v) is 3.79. The first kappa shape index (κ1) is 16.9. The Hall–Kier alpha value is -2.58. The van der Waals surface area contributed by atoms with E-state index in [2.05, 4.69) is 31.2 Å². The van der Waals surface area contributed by atoms with Gasteiger partial charge < -0.3 is 5.32 Å². The van der Waals surface area contributed by atoms with Gasteiger partial charge in [0.05, 0.1) is 0 Å². The van der Waals surface area contributed by atoms with Gasteiger partial charge in [0.2, 0.25) is 0 Å². The number of nitrogens with zero attached hydrogens (tertiary/aromatic N) is 3. The van der Waals surface area contributed by atoms with Crippen LogP contribution in [0.2, 0.25) is 0 Å². The molecule has 26 heavy (non-hydrogen) atoms. The average molecular weight is 429 g/mol. The van der Waals surface area contributed by atoms with Gasteiger partial charge in [-0.3, -0.25) is 9.78 Å². The van der Waals surface area contributed by atoms with Crippen molar-refractivity contribution < 1.29 is 9.59 Å². The molecule has 1 N–H and O–H groups in total. The summed E-state index contributed by atoms with van der Waals surface area (Å²) in [5, 5.41) is 5.21. The van der Waals surface area contributed by atoms with Crippen LogP contribution in [0, 0.1) is 0 Å². The summed E-state index contributed by atoms with van der Waals surface area (Å²) in [6.07, 6.45) is 3.76. The van der Waals surface area contributed by atoms with E-state index in [1.54, 1.807) is 17.8 Å². The van der Waals surface area contributed by atoms with Crippen LogP contribution in [0.4, 0.5) is 10.6 Å². The third-order valence-electron chi connectivity index (χ3n) is 4.02. The number of rotatable bonds is 4. The number of pyridine rings is 1. The zero-order valence-electron chi connectivity index (χ0n) is 13.4. The molecule has 6 nitrogen and oxygen atoms in total. The third-order valence-corrected chi connectivity index (χ3v) is 5.43. The smallest absolute Gasteiger partial charge is 0.325 e. The van der Waals surface area contributed by atoms with Gasteiger partial charge in [0, 0.05) is 34.2 Å². The second-order valence-corrected chi connectivity index (χ2v) is 7.53. The zero-order chi connectivity index (χ0) is 18.1. The van der Waals surface area contributed by atoms with Crippen molar-refractivity contribution in [1.29, 1.82) is 0 Å². The molecule has 1 aliphatic heterocycles. The highest BCUT2D eigenvalue weighted by Gasteiger charge is 2.40. The normalized spacial score (nSPS) is 16.8. The third kappa shape index (κ3) is 3.25. The van der Waals surface area contributed by atoms with Gasteiger partial charge in [-0.15, -0.1) is 11.3 Å². The predicted octanol–water partition coefficient (Wildman–Crippen LogP) is 3.64. The molecule has 1 fully saturated rings. The summed E-state index contributed by atoms with van der Waals surface area (Å²) in [7, 11) is 0. The summed E-state index contributed by atoms with van der Waals surface area (Å²) < 4.78 is 0.978. The molecule has 1 saturated heterocycles. The molecule has 0 spiro atoms. The number of hydrogen-bond donors (Lipinski definition) is 1. The molecular weight excluding hydrogens is 416 g/mol. The maximum absolute atomic E-state index is 12.7. The van der Waals surface area contributed by atoms with E-state index >= 15 is 0 Å². The van der Waals surface area contributed by atoms with Gasteiger partial charge in [0.25, 0.3) is 5.91 Å². The predicted molar refractivity (Wildman–Crippen MR) is 103 cm³/mol. The molecule has 3 aromatic rings. The average Bonchev–Trinajstić information content (AvgIpc) is 3.22. The Morgan fingerprint density at radius 2 is 1.85 bits per heavy atom. The minimum Gasteiger partial charge on any atom is -0.325 e. The monoisotopic (exact) mass is 428 g/mol. The van der Waals surface area contributed by atoms with Crippen LogP contribution in [-0.2, 0) is 11.2 Å². The number of urea groups is 1. The van der Waals surface area contributed by atoms with E-state index in [1.807, 2.05) is 36.4 Å². The number of amides is 3. The SMILES string of the molecule is O=C1NC(Cc2ccncc2)C(=O)N1c1csc(-c2ccc(Br)cc2)n1. The van der Waals surface area contributed by atoms with Crippen LogP contribution in [0.3, 0.4) is 0 Å². The number of anilines is 1. The van der Waals surface area contributed by atoms with E-state index in [-0.39, 0.29) is 5.91 Å². The Labute approximate surface area is 162 Å². The van der Waals surface area contributed by atoms with E-state index in [1.165, 1.54) is 11.3 Å². The van der Waals surface area contributed by atoms with Crippen LogP contribution in [0.5, 0.6) is 0 Å². The van der Waals surface area contributed by atoms with Crippen LogP contribution < -0.4 is 10.2 Å². The standard InChI is InChI=1S/C18H13BrN4O2S/c19-13-3-1-12(2-4-13)16-22-15(10-26-16)23-17(24)14(21-18(23)25)9-11-5-7-20-8-6-11/h1-8,10,14H,9H2,(H,21,25). The number of carbonyl (C=O) groups is 2. The first-order valence-electron chi connectivity index (χ1n) is 7.86. The lowest BCUT2D eigenvalue weighted by Crippen LogP contribution is -2.32. The number of nitrogens with one attached hydrogen (secondary N) is 1. The summed E-state index contributed by atoms with van der Waals surface area (Å²) in [4.78, 5) is 34.6. The van der Waals surface area contributed by atoms with Gasteiger partial charge in [0.15, 0.2) is 5.82 Å². The summed E-state index contributed by atoms with van der Waals surface area (Å²) in [6, 6.07) is 10.3. The fraction of sp³-hybridized carbons (Fsp3) is 0.111. The largest absolute Gasteiger partial charge is 0.330 e. The minimum atomic E-state index is -0.595. The molecule has 3 amide bonds. The Morgan fingerprint density at radius 1 is 1.12 bits per heavy atom. The van der Waals surface area contributed by atoms with Crippen molar-refractivity contribution in [2.75, 3.05) is 4.90 Å². The van der Waals surface area contributed by atoms with Crippen LogP contribution in [0.15, 0.2) is 58.6 Å². The second kappa shape index (κ2) is 6.97. The molecule has 4 rings (SSSR count). The first-order chi connectivity index (χ1) is 12.6. The zero-order valence-corrected chi connectivity index (χ0v) is 15.8. The molecule has 1 aliphatic rings. The minimum absolute atomic E-state index is 0.292. The van der Waals surface area contributed by atoms with Crippen LogP contribution >= 0.6 is 27.3 Å². The highest BCUT2D eigenvalue weighted by atomic mass is 79.9. The number of hydrogen-bond acceptors (Lipinski definition) is 5. The summed E-state index contributed by atoms with van der Waals surface area (Å²) >= 11 is 4.80. The van der Waals surface area contributed by atoms with E-state index in [4.69, 9.17) is 0 Å². The Balaban J connectivity index is 1.55. The number of benzene rings is 1. The number of aromatic nitrogens is 2. The van der Waals surface area contributed by atoms with Crippen molar-refractivity contribution in [3.63, 3.8) is 0 Å². The molecule has 8 heteroatoms. The topological polar surface area (TPSA) is 75.2 Å². The van der Waals surface area contributed by atoms with Crippen molar-refractivity contribution in [2.45, 2.75) is 12.5 Å². The lowest BCUT2D eigenvalue weighted by atomic mass is 10.1. The van der Waals surface area contributed by atoms with Gasteiger partial charge >= 0.3 is 6.03 Å².